The number of halogens is 1. The lowest BCUT2D eigenvalue weighted by atomic mass is 10.1. The Hall–Kier alpha value is -2.60. The first-order chi connectivity index (χ1) is 12.2. The number of fused-ring (bicyclic) bond motifs is 1. The molecule has 1 amide bonds. The van der Waals surface area contributed by atoms with Crippen LogP contribution in [0.1, 0.15) is 16.8 Å². The molecule has 4 rings (SSSR count). The van der Waals surface area contributed by atoms with Gasteiger partial charge in [-0.1, -0.05) is 30.3 Å². The smallest absolute Gasteiger partial charge is 0.229 e. The van der Waals surface area contributed by atoms with E-state index in [-0.39, 0.29) is 11.7 Å². The summed E-state index contributed by atoms with van der Waals surface area (Å²) in [5.41, 5.74) is 3.72. The molecule has 0 saturated heterocycles. The number of hydrogen-bond donors (Lipinski definition) is 1. The molecule has 1 N–H and O–H groups in total. The quantitative estimate of drug-likeness (QED) is 0.773. The average Bonchev–Trinajstić information content (AvgIpc) is 3.19. The molecule has 1 aromatic heterocycles. The van der Waals surface area contributed by atoms with Gasteiger partial charge in [-0.25, -0.2) is 9.07 Å². The van der Waals surface area contributed by atoms with Crippen LogP contribution in [0.2, 0.25) is 0 Å². The summed E-state index contributed by atoms with van der Waals surface area (Å²) in [4.78, 5) is 12.5. The van der Waals surface area contributed by atoms with Gasteiger partial charge in [0.15, 0.2) is 0 Å². The summed E-state index contributed by atoms with van der Waals surface area (Å²) in [6.45, 7) is 0. The minimum Gasteiger partial charge on any atom is -0.310 e. The zero-order valence-electron chi connectivity index (χ0n) is 13.4. The van der Waals surface area contributed by atoms with Gasteiger partial charge in [0.2, 0.25) is 5.91 Å². The Morgan fingerprint density at radius 2 is 1.88 bits per heavy atom. The van der Waals surface area contributed by atoms with E-state index in [1.807, 2.05) is 30.3 Å². The molecule has 126 valence electrons. The summed E-state index contributed by atoms with van der Waals surface area (Å²) in [5, 5.41) is 7.62. The van der Waals surface area contributed by atoms with Crippen LogP contribution in [0.25, 0.3) is 5.69 Å². The van der Waals surface area contributed by atoms with Gasteiger partial charge in [0.25, 0.3) is 0 Å². The van der Waals surface area contributed by atoms with Crippen molar-refractivity contribution >= 4 is 23.5 Å². The van der Waals surface area contributed by atoms with Crippen LogP contribution in [0.4, 0.5) is 10.2 Å². The molecule has 0 atom stereocenters. The summed E-state index contributed by atoms with van der Waals surface area (Å²) >= 11 is 1.77. The summed E-state index contributed by atoms with van der Waals surface area (Å²) in [6.07, 6.45) is 0.303. The first kappa shape index (κ1) is 15.9. The number of amides is 1. The molecule has 2 heterocycles. The van der Waals surface area contributed by atoms with E-state index < -0.39 is 0 Å². The highest BCUT2D eigenvalue weighted by Crippen LogP contribution is 2.36. The topological polar surface area (TPSA) is 46.9 Å². The molecular weight excluding hydrogens is 337 g/mol. The molecule has 6 heteroatoms. The van der Waals surface area contributed by atoms with Gasteiger partial charge in [-0.15, -0.1) is 0 Å². The number of nitrogens with one attached hydrogen (secondary N) is 1. The van der Waals surface area contributed by atoms with E-state index in [1.54, 1.807) is 28.6 Å². The van der Waals surface area contributed by atoms with E-state index >= 15 is 0 Å². The maximum atomic E-state index is 13.2. The van der Waals surface area contributed by atoms with Gasteiger partial charge < -0.3 is 5.32 Å². The summed E-state index contributed by atoms with van der Waals surface area (Å²) in [5.74, 6) is 1.94. The fourth-order valence-corrected chi connectivity index (χ4v) is 3.90. The van der Waals surface area contributed by atoms with Gasteiger partial charge in [0.05, 0.1) is 17.8 Å². The third-order valence-electron chi connectivity index (χ3n) is 4.09. The Kier molecular flexibility index (Phi) is 4.28. The molecule has 0 saturated carbocycles. The highest BCUT2D eigenvalue weighted by atomic mass is 32.2. The number of aromatic nitrogens is 2. The van der Waals surface area contributed by atoms with Gasteiger partial charge in [0, 0.05) is 17.1 Å². The highest BCUT2D eigenvalue weighted by molar-refractivity contribution is 7.98. The van der Waals surface area contributed by atoms with E-state index in [9.17, 15) is 9.18 Å². The molecule has 1 aliphatic heterocycles. The predicted octanol–water partition coefficient (Wildman–Crippen LogP) is 3.94. The normalized spacial score (nSPS) is 12.8. The van der Waals surface area contributed by atoms with Crippen molar-refractivity contribution in [2.75, 3.05) is 5.32 Å². The highest BCUT2D eigenvalue weighted by Gasteiger charge is 2.24. The minimum absolute atomic E-state index is 0.0887. The third kappa shape index (κ3) is 3.30. The van der Waals surface area contributed by atoms with Crippen LogP contribution in [0.15, 0.2) is 54.6 Å². The van der Waals surface area contributed by atoms with Crippen LogP contribution < -0.4 is 5.32 Å². The van der Waals surface area contributed by atoms with Crippen LogP contribution in [-0.4, -0.2) is 15.7 Å². The van der Waals surface area contributed by atoms with E-state index in [0.717, 1.165) is 34.0 Å². The van der Waals surface area contributed by atoms with Crippen molar-refractivity contribution in [1.82, 2.24) is 9.78 Å². The van der Waals surface area contributed by atoms with Gasteiger partial charge in [-0.05, 0) is 29.8 Å². The van der Waals surface area contributed by atoms with E-state index in [0.29, 0.717) is 12.2 Å². The molecule has 3 aromatic rings. The molecule has 1 aliphatic rings. The lowest BCUT2D eigenvalue weighted by Crippen LogP contribution is -2.18. The molecule has 0 fully saturated rings. The van der Waals surface area contributed by atoms with Gasteiger partial charge in [-0.3, -0.25) is 4.79 Å². The molecule has 0 unspecified atom stereocenters. The first-order valence-electron chi connectivity index (χ1n) is 7.99. The number of hydrogen-bond acceptors (Lipinski definition) is 3. The maximum Gasteiger partial charge on any atom is 0.229 e. The van der Waals surface area contributed by atoms with E-state index in [2.05, 4.69) is 10.4 Å². The molecule has 0 aliphatic carbocycles. The Balaban J connectivity index is 1.64. The molecule has 0 bridgehead atoms. The fraction of sp³-hybridized carbons (Fsp3) is 0.158. The Morgan fingerprint density at radius 1 is 1.12 bits per heavy atom. The number of thioether (sulfide) groups is 1. The number of benzene rings is 2. The largest absolute Gasteiger partial charge is 0.310 e. The fourth-order valence-electron chi connectivity index (χ4n) is 2.87. The molecular formula is C19H16FN3OS. The summed E-state index contributed by atoms with van der Waals surface area (Å²) in [7, 11) is 0. The van der Waals surface area contributed by atoms with Crippen molar-refractivity contribution in [1.29, 1.82) is 0 Å². The number of rotatable bonds is 4. The van der Waals surface area contributed by atoms with Crippen molar-refractivity contribution < 1.29 is 9.18 Å². The second-order valence-electron chi connectivity index (χ2n) is 5.87. The van der Waals surface area contributed by atoms with E-state index in [4.69, 9.17) is 0 Å². The zero-order chi connectivity index (χ0) is 17.2. The van der Waals surface area contributed by atoms with Crippen molar-refractivity contribution in [2.24, 2.45) is 0 Å². The molecule has 25 heavy (non-hydrogen) atoms. The standard InChI is InChI=1S/C19H16FN3OS/c20-14-6-8-15(9-7-14)23-19(16-11-25-12-17(16)22-23)21-18(24)10-13-4-2-1-3-5-13/h1-9H,10-12H2,(H,21,24). The first-order valence-corrected chi connectivity index (χ1v) is 9.14. The zero-order valence-corrected chi connectivity index (χ0v) is 14.2. The van der Waals surface area contributed by atoms with Crippen molar-refractivity contribution in [3.8, 4) is 5.69 Å². The predicted molar refractivity (Wildman–Crippen MR) is 97.3 cm³/mol. The number of carbonyl (C=O) groups is 1. The minimum atomic E-state index is -0.298. The van der Waals surface area contributed by atoms with E-state index in [1.165, 1.54) is 12.1 Å². The molecule has 2 aromatic carbocycles. The lowest BCUT2D eigenvalue weighted by molar-refractivity contribution is -0.115. The average molecular weight is 353 g/mol. The summed E-state index contributed by atoms with van der Waals surface area (Å²) < 4.78 is 14.9. The Labute approximate surface area is 149 Å². The van der Waals surface area contributed by atoms with Gasteiger partial charge in [0.1, 0.15) is 11.6 Å². The SMILES string of the molecule is O=C(Cc1ccccc1)Nc1c2c(nn1-c1ccc(F)cc1)CSC2. The molecule has 4 nitrogen and oxygen atoms in total. The van der Waals surface area contributed by atoms with Crippen LogP contribution in [0.5, 0.6) is 0 Å². The van der Waals surface area contributed by atoms with Crippen molar-refractivity contribution in [3.63, 3.8) is 0 Å². The van der Waals surface area contributed by atoms with Crippen molar-refractivity contribution in [2.45, 2.75) is 17.9 Å². The lowest BCUT2D eigenvalue weighted by Gasteiger charge is -2.11. The van der Waals surface area contributed by atoms with Crippen LogP contribution in [0.3, 0.4) is 0 Å². The summed E-state index contributed by atoms with van der Waals surface area (Å²) in [6, 6.07) is 15.7. The van der Waals surface area contributed by atoms with Crippen LogP contribution in [0, 0.1) is 5.82 Å². The second kappa shape index (κ2) is 6.72. The maximum absolute atomic E-state index is 13.2. The Bertz CT molecular complexity index is 906. The molecule has 0 spiro atoms. The number of carbonyl (C=O) groups excluding carboxylic acids is 1. The van der Waals surface area contributed by atoms with Crippen molar-refractivity contribution in [3.05, 3.63) is 77.2 Å². The number of nitrogens with zero attached hydrogens (tertiary/aromatic N) is 2. The van der Waals surface area contributed by atoms with Gasteiger partial charge in [-0.2, -0.15) is 16.9 Å². The monoisotopic (exact) mass is 353 g/mol. The number of anilines is 1. The van der Waals surface area contributed by atoms with Crippen LogP contribution >= 0.6 is 11.8 Å². The second-order valence-corrected chi connectivity index (χ2v) is 6.85. The molecule has 0 radical (unpaired) electrons. The third-order valence-corrected chi connectivity index (χ3v) is 5.06. The Morgan fingerprint density at radius 3 is 2.64 bits per heavy atom. The van der Waals surface area contributed by atoms with Gasteiger partial charge >= 0.3 is 0 Å². The van der Waals surface area contributed by atoms with Crippen LogP contribution in [-0.2, 0) is 22.7 Å².